The number of rotatable bonds is 10. The van der Waals surface area contributed by atoms with Crippen molar-refractivity contribution in [2.75, 3.05) is 25.1 Å². The second-order valence-electron chi connectivity index (χ2n) is 10.2. The molecule has 6 atom stereocenters. The number of hydrogen-bond donors (Lipinski definition) is 2. The summed E-state index contributed by atoms with van der Waals surface area (Å²) in [6.45, 7) is 8.76. The lowest BCUT2D eigenvalue weighted by Gasteiger charge is -2.38. The van der Waals surface area contributed by atoms with E-state index < -0.39 is 22.6 Å². The molecule has 2 amide bonds. The summed E-state index contributed by atoms with van der Waals surface area (Å²) in [7, 11) is 0. The summed E-state index contributed by atoms with van der Waals surface area (Å²) in [6.07, 6.45) is 4.05. The van der Waals surface area contributed by atoms with Crippen LogP contribution in [0.2, 0.25) is 0 Å². The fraction of sp³-hybridized carbons (Fsp3) is 0.667. The average molecular weight is 503 g/mol. The zero-order valence-electron chi connectivity index (χ0n) is 21.2. The molecular weight excluding hydrogens is 464 g/mol. The normalized spacial score (nSPS) is 31.1. The first-order valence-corrected chi connectivity index (χ1v) is 13.8. The van der Waals surface area contributed by atoms with Gasteiger partial charge < -0.3 is 20.1 Å². The third kappa shape index (κ3) is 4.37. The van der Waals surface area contributed by atoms with Crippen LogP contribution < -0.4 is 5.32 Å². The minimum atomic E-state index is -0.638. The van der Waals surface area contributed by atoms with Crippen LogP contribution in [0.3, 0.4) is 0 Å². The Morgan fingerprint density at radius 3 is 2.54 bits per heavy atom. The number of thioether (sulfide) groups is 1. The number of carbonyl (C=O) groups is 3. The number of benzene rings is 1. The molecule has 3 heterocycles. The van der Waals surface area contributed by atoms with Gasteiger partial charge in [0.05, 0.1) is 23.2 Å². The molecule has 3 unspecified atom stereocenters. The van der Waals surface area contributed by atoms with Gasteiger partial charge in [-0.15, -0.1) is 11.8 Å². The lowest BCUT2D eigenvalue weighted by Crippen LogP contribution is -2.54. The molecule has 2 N–H and O–H groups in total. The number of aryl methyl sites for hydroxylation is 2. The Kier molecular flexibility index (Phi) is 7.81. The number of likely N-dealkylation sites (tertiary alicyclic amines) is 1. The molecule has 3 fully saturated rings. The van der Waals surface area contributed by atoms with Gasteiger partial charge in [-0.25, -0.2) is 0 Å². The van der Waals surface area contributed by atoms with Gasteiger partial charge in [0.25, 0.3) is 0 Å². The third-order valence-corrected chi connectivity index (χ3v) is 10.2. The van der Waals surface area contributed by atoms with E-state index in [2.05, 4.69) is 12.2 Å². The molecule has 192 valence electrons. The zero-order valence-corrected chi connectivity index (χ0v) is 22.0. The second-order valence-corrected chi connectivity index (χ2v) is 11.8. The van der Waals surface area contributed by atoms with E-state index in [9.17, 15) is 14.4 Å². The summed E-state index contributed by atoms with van der Waals surface area (Å²) < 4.78 is 4.77. The first-order chi connectivity index (χ1) is 16.8. The van der Waals surface area contributed by atoms with Crippen LogP contribution in [0.4, 0.5) is 5.69 Å². The van der Waals surface area contributed by atoms with E-state index >= 15 is 0 Å². The van der Waals surface area contributed by atoms with Gasteiger partial charge in [-0.3, -0.25) is 14.4 Å². The van der Waals surface area contributed by atoms with Crippen LogP contribution in [-0.4, -0.2) is 63.6 Å². The van der Waals surface area contributed by atoms with E-state index in [1.165, 1.54) is 0 Å². The van der Waals surface area contributed by atoms with Gasteiger partial charge in [-0.2, -0.15) is 0 Å². The third-order valence-electron chi connectivity index (χ3n) is 8.09. The van der Waals surface area contributed by atoms with Gasteiger partial charge in [0.1, 0.15) is 6.04 Å². The number of aliphatic hydroxyl groups excluding tert-OH is 1. The predicted octanol–water partition coefficient (Wildman–Crippen LogP) is 3.69. The van der Waals surface area contributed by atoms with Crippen molar-refractivity contribution in [2.24, 2.45) is 17.8 Å². The molecule has 0 aromatic heterocycles. The van der Waals surface area contributed by atoms with Gasteiger partial charge in [0, 0.05) is 24.1 Å². The lowest BCUT2D eigenvalue weighted by molar-refractivity contribution is -0.154. The van der Waals surface area contributed by atoms with E-state index in [1.807, 2.05) is 32.0 Å². The predicted molar refractivity (Wildman–Crippen MR) is 137 cm³/mol. The lowest BCUT2D eigenvalue weighted by atomic mass is 9.66. The molecule has 7 nitrogen and oxygen atoms in total. The summed E-state index contributed by atoms with van der Waals surface area (Å²) in [6, 6.07) is 5.27. The van der Waals surface area contributed by atoms with Gasteiger partial charge >= 0.3 is 5.97 Å². The number of esters is 1. The van der Waals surface area contributed by atoms with Crippen LogP contribution in [0.15, 0.2) is 18.2 Å². The highest BCUT2D eigenvalue weighted by atomic mass is 32.2. The number of unbranched alkanes of at least 4 members (excludes halogenated alkanes) is 3. The number of amides is 2. The Morgan fingerprint density at radius 2 is 1.89 bits per heavy atom. The van der Waals surface area contributed by atoms with E-state index in [0.717, 1.165) is 48.9 Å². The number of nitrogens with zero attached hydrogens (tertiary/aromatic N) is 1. The van der Waals surface area contributed by atoms with Gasteiger partial charge in [-0.1, -0.05) is 38.0 Å². The van der Waals surface area contributed by atoms with Crippen LogP contribution in [-0.2, 0) is 19.1 Å². The molecule has 4 rings (SSSR count). The average Bonchev–Trinajstić information content (AvgIpc) is 3.40. The van der Waals surface area contributed by atoms with Crippen molar-refractivity contribution in [3.8, 4) is 0 Å². The summed E-state index contributed by atoms with van der Waals surface area (Å²) in [4.78, 5) is 42.7. The Labute approximate surface area is 212 Å². The number of fused-ring (bicyclic) bond motifs is 1. The number of para-hydroxylation sites is 1. The molecule has 3 aliphatic rings. The SMILES string of the molecule is CCOC(=O)[C@@H]1[C@H]2C(=O)N(CCCCCCO)C(C(=O)Nc3c(C)cccc3C)C23S[C@@H]1CC3C. The van der Waals surface area contributed by atoms with Gasteiger partial charge in [-0.05, 0) is 57.1 Å². The minimum absolute atomic E-state index is 0.000187. The maximum absolute atomic E-state index is 14.0. The standard InChI is InChI=1S/C27H38N2O5S/c1-5-34-26(33)20-19-15-18(4)27(35-19)21(20)25(32)29(13-8-6-7-9-14-30)23(27)24(31)28-22-16(2)11-10-12-17(22)3/h10-12,18-21,23,30H,5-9,13-15H2,1-4H3,(H,28,31)/t18?,19-,20+,21+,23?,27?/m1/s1. The van der Waals surface area contributed by atoms with Crippen LogP contribution in [0.5, 0.6) is 0 Å². The molecule has 8 heteroatoms. The van der Waals surface area contributed by atoms with E-state index in [1.54, 1.807) is 23.6 Å². The Hall–Kier alpha value is -2.06. The van der Waals surface area contributed by atoms with Crippen molar-refractivity contribution in [1.29, 1.82) is 0 Å². The maximum Gasteiger partial charge on any atom is 0.310 e. The minimum Gasteiger partial charge on any atom is -0.466 e. The smallest absolute Gasteiger partial charge is 0.310 e. The van der Waals surface area contributed by atoms with Crippen LogP contribution in [0.1, 0.15) is 57.1 Å². The Morgan fingerprint density at radius 1 is 1.20 bits per heavy atom. The van der Waals surface area contributed by atoms with Crippen LogP contribution in [0, 0.1) is 31.6 Å². The highest BCUT2D eigenvalue weighted by Crippen LogP contribution is 2.68. The van der Waals surface area contributed by atoms with Gasteiger partial charge in [0.2, 0.25) is 11.8 Å². The van der Waals surface area contributed by atoms with Crippen molar-refractivity contribution >= 4 is 35.2 Å². The van der Waals surface area contributed by atoms with Crippen molar-refractivity contribution in [3.63, 3.8) is 0 Å². The van der Waals surface area contributed by atoms with E-state index in [-0.39, 0.29) is 42.2 Å². The highest BCUT2D eigenvalue weighted by Gasteiger charge is 2.76. The topological polar surface area (TPSA) is 95.9 Å². The number of nitrogens with one attached hydrogen (secondary N) is 1. The summed E-state index contributed by atoms with van der Waals surface area (Å²) in [5, 5.41) is 12.3. The largest absolute Gasteiger partial charge is 0.466 e. The van der Waals surface area contributed by atoms with Crippen molar-refractivity contribution in [2.45, 2.75) is 75.8 Å². The molecule has 0 aliphatic carbocycles. The highest BCUT2D eigenvalue weighted by molar-refractivity contribution is 8.02. The fourth-order valence-corrected chi connectivity index (χ4v) is 8.93. The molecule has 0 radical (unpaired) electrons. The molecule has 35 heavy (non-hydrogen) atoms. The number of ether oxygens (including phenoxy) is 1. The molecular formula is C27H38N2O5S. The monoisotopic (exact) mass is 502 g/mol. The fourth-order valence-electron chi connectivity index (χ4n) is 6.52. The molecule has 2 bridgehead atoms. The number of hydrogen-bond acceptors (Lipinski definition) is 6. The molecule has 3 aliphatic heterocycles. The molecule has 1 spiro atoms. The van der Waals surface area contributed by atoms with Crippen molar-refractivity contribution in [3.05, 3.63) is 29.3 Å². The molecule has 1 aromatic rings. The van der Waals surface area contributed by atoms with Crippen molar-refractivity contribution < 1.29 is 24.2 Å². The summed E-state index contributed by atoms with van der Waals surface area (Å²) in [5.74, 6) is -1.47. The van der Waals surface area contributed by atoms with Crippen LogP contribution >= 0.6 is 11.8 Å². The first kappa shape index (κ1) is 26.0. The zero-order chi connectivity index (χ0) is 25.3. The van der Waals surface area contributed by atoms with E-state index in [0.29, 0.717) is 6.54 Å². The Bertz CT molecular complexity index is 964. The summed E-state index contributed by atoms with van der Waals surface area (Å²) in [5.41, 5.74) is 2.75. The number of carbonyl (C=O) groups excluding carboxylic acids is 3. The van der Waals surface area contributed by atoms with Crippen molar-refractivity contribution in [1.82, 2.24) is 4.90 Å². The molecule has 1 aromatic carbocycles. The molecule has 3 saturated heterocycles. The maximum atomic E-state index is 14.0. The quantitative estimate of drug-likeness (QED) is 0.374. The summed E-state index contributed by atoms with van der Waals surface area (Å²) >= 11 is 1.67. The first-order valence-electron chi connectivity index (χ1n) is 12.9. The second kappa shape index (κ2) is 10.5. The molecule has 0 saturated carbocycles. The van der Waals surface area contributed by atoms with E-state index in [4.69, 9.17) is 9.84 Å². The van der Waals surface area contributed by atoms with Crippen LogP contribution in [0.25, 0.3) is 0 Å². The van der Waals surface area contributed by atoms with Gasteiger partial charge in [0.15, 0.2) is 0 Å². The number of aliphatic hydroxyl groups is 1. The number of anilines is 1. The Balaban J connectivity index is 1.68.